The van der Waals surface area contributed by atoms with Crippen LogP contribution in [-0.4, -0.2) is 28.6 Å². The molecule has 0 fully saturated rings. The largest absolute Gasteiger partial charge is 0.391 e. The summed E-state index contributed by atoms with van der Waals surface area (Å²) >= 11 is 11.5. The highest BCUT2D eigenvalue weighted by Gasteiger charge is 2.17. The number of pyridine rings is 1. The van der Waals surface area contributed by atoms with Gasteiger partial charge in [-0.05, 0) is 12.0 Å². The van der Waals surface area contributed by atoms with Gasteiger partial charge >= 0.3 is 0 Å². The third-order valence-electron chi connectivity index (χ3n) is 3.12. The van der Waals surface area contributed by atoms with Crippen LogP contribution in [0.4, 0.5) is 0 Å². The summed E-state index contributed by atoms with van der Waals surface area (Å²) < 4.78 is 0. The minimum atomic E-state index is -0.547. The summed E-state index contributed by atoms with van der Waals surface area (Å²) in [6, 6.07) is 1.45. The summed E-state index contributed by atoms with van der Waals surface area (Å²) in [5.74, 6) is -0.136. The van der Waals surface area contributed by atoms with Gasteiger partial charge in [0.2, 0.25) is 0 Å². The fraction of sp³-hybridized carbons (Fsp3) is 0.538. The maximum atomic E-state index is 11.8. The van der Waals surface area contributed by atoms with Gasteiger partial charge in [0, 0.05) is 12.7 Å². The van der Waals surface area contributed by atoms with Crippen LogP contribution in [0.1, 0.15) is 37.0 Å². The highest BCUT2D eigenvalue weighted by Crippen LogP contribution is 2.19. The first kappa shape index (κ1) is 16.2. The lowest BCUT2D eigenvalue weighted by atomic mass is 9.96. The normalized spacial score (nSPS) is 12.5. The lowest BCUT2D eigenvalue weighted by Gasteiger charge is -2.20. The van der Waals surface area contributed by atoms with Gasteiger partial charge in [-0.2, -0.15) is 0 Å². The van der Waals surface area contributed by atoms with Crippen LogP contribution in [0, 0.1) is 5.92 Å². The van der Waals surface area contributed by atoms with Gasteiger partial charge < -0.3 is 10.4 Å². The van der Waals surface area contributed by atoms with Crippen LogP contribution in [0.15, 0.2) is 12.3 Å². The second kappa shape index (κ2) is 7.68. The van der Waals surface area contributed by atoms with Crippen molar-refractivity contribution < 1.29 is 9.90 Å². The molecule has 0 bridgehead atoms. The number of halogens is 2. The first-order valence-electron chi connectivity index (χ1n) is 6.26. The number of hydrogen-bond donors (Lipinski definition) is 2. The lowest BCUT2D eigenvalue weighted by molar-refractivity contribution is 0.0816. The van der Waals surface area contributed by atoms with Gasteiger partial charge in [-0.15, -0.1) is 0 Å². The van der Waals surface area contributed by atoms with Gasteiger partial charge in [-0.25, -0.2) is 4.98 Å². The van der Waals surface area contributed by atoms with Gasteiger partial charge in [0.1, 0.15) is 5.15 Å². The van der Waals surface area contributed by atoms with Crippen LogP contribution >= 0.6 is 23.2 Å². The molecule has 1 atom stereocenters. The third kappa shape index (κ3) is 4.64. The van der Waals surface area contributed by atoms with Crippen molar-refractivity contribution in [1.82, 2.24) is 10.3 Å². The molecule has 1 rings (SSSR count). The summed E-state index contributed by atoms with van der Waals surface area (Å²) in [6.45, 7) is 4.25. The molecule has 106 valence electrons. The molecule has 4 nitrogen and oxygen atoms in total. The van der Waals surface area contributed by atoms with E-state index < -0.39 is 6.10 Å². The van der Waals surface area contributed by atoms with E-state index in [9.17, 15) is 9.90 Å². The molecule has 0 saturated heterocycles. The van der Waals surface area contributed by atoms with E-state index in [1.165, 1.54) is 12.3 Å². The topological polar surface area (TPSA) is 62.2 Å². The molecule has 1 heterocycles. The van der Waals surface area contributed by atoms with Crippen molar-refractivity contribution in [2.24, 2.45) is 5.92 Å². The number of hydrogen-bond acceptors (Lipinski definition) is 3. The fourth-order valence-corrected chi connectivity index (χ4v) is 2.11. The van der Waals surface area contributed by atoms with Crippen molar-refractivity contribution in [3.05, 3.63) is 28.0 Å². The molecule has 0 aliphatic heterocycles. The molecule has 0 aliphatic rings. The van der Waals surface area contributed by atoms with Crippen molar-refractivity contribution in [3.63, 3.8) is 0 Å². The number of rotatable bonds is 6. The first-order valence-corrected chi connectivity index (χ1v) is 7.02. The lowest BCUT2D eigenvalue weighted by Crippen LogP contribution is -2.36. The standard InChI is InChI=1S/C13H18Cl2N2O2/c1-3-8(4-2)11(18)7-17-13(19)9-5-10(14)12(15)16-6-9/h5-6,8,11,18H,3-4,7H2,1-2H3,(H,17,19). The van der Waals surface area contributed by atoms with Gasteiger partial charge in [-0.3, -0.25) is 4.79 Å². The Hall–Kier alpha value is -0.840. The zero-order valence-corrected chi connectivity index (χ0v) is 12.5. The minimum absolute atomic E-state index is 0.162. The summed E-state index contributed by atoms with van der Waals surface area (Å²) in [4.78, 5) is 15.7. The Morgan fingerprint density at radius 1 is 1.42 bits per heavy atom. The van der Waals surface area contributed by atoms with Crippen LogP contribution in [0.5, 0.6) is 0 Å². The summed E-state index contributed by atoms with van der Waals surface area (Å²) in [7, 11) is 0. The molecule has 2 N–H and O–H groups in total. The van der Waals surface area contributed by atoms with Crippen molar-refractivity contribution in [2.75, 3.05) is 6.54 Å². The summed E-state index contributed by atoms with van der Waals surface area (Å²) in [6.07, 6.45) is 2.56. The second-order valence-electron chi connectivity index (χ2n) is 4.35. The predicted octanol–water partition coefficient (Wildman–Crippen LogP) is 2.92. The van der Waals surface area contributed by atoms with Crippen LogP contribution in [0.25, 0.3) is 0 Å². The maximum absolute atomic E-state index is 11.8. The molecule has 1 amide bonds. The SMILES string of the molecule is CCC(CC)C(O)CNC(=O)c1cnc(Cl)c(Cl)c1. The van der Waals surface area contributed by atoms with E-state index in [2.05, 4.69) is 10.3 Å². The predicted molar refractivity (Wildman–Crippen MR) is 76.7 cm³/mol. The van der Waals surface area contributed by atoms with E-state index in [0.29, 0.717) is 5.56 Å². The highest BCUT2D eigenvalue weighted by molar-refractivity contribution is 6.41. The molecule has 0 aliphatic carbocycles. The van der Waals surface area contributed by atoms with E-state index in [0.717, 1.165) is 12.8 Å². The first-order chi connectivity index (χ1) is 8.99. The molecule has 6 heteroatoms. The molecule has 1 aromatic rings. The van der Waals surface area contributed by atoms with E-state index in [1.807, 2.05) is 13.8 Å². The van der Waals surface area contributed by atoms with E-state index >= 15 is 0 Å². The van der Waals surface area contributed by atoms with Crippen LogP contribution in [-0.2, 0) is 0 Å². The average Bonchev–Trinajstić information content (AvgIpc) is 2.40. The molecule has 19 heavy (non-hydrogen) atoms. The molecule has 0 aromatic carbocycles. The number of carbonyl (C=O) groups excluding carboxylic acids is 1. The Bertz CT molecular complexity index is 437. The number of nitrogens with zero attached hydrogens (tertiary/aromatic N) is 1. The minimum Gasteiger partial charge on any atom is -0.391 e. The van der Waals surface area contributed by atoms with Crippen molar-refractivity contribution in [3.8, 4) is 0 Å². The third-order valence-corrected chi connectivity index (χ3v) is 3.81. The van der Waals surface area contributed by atoms with Gasteiger partial charge in [0.05, 0.1) is 16.7 Å². The smallest absolute Gasteiger partial charge is 0.252 e. The van der Waals surface area contributed by atoms with Gasteiger partial charge in [-0.1, -0.05) is 49.9 Å². The Morgan fingerprint density at radius 3 is 2.58 bits per heavy atom. The summed E-state index contributed by atoms with van der Waals surface area (Å²) in [5, 5.41) is 13.0. The number of amides is 1. The van der Waals surface area contributed by atoms with Crippen molar-refractivity contribution in [2.45, 2.75) is 32.8 Å². The number of nitrogens with one attached hydrogen (secondary N) is 1. The molecule has 1 unspecified atom stereocenters. The maximum Gasteiger partial charge on any atom is 0.252 e. The van der Waals surface area contributed by atoms with Crippen LogP contribution in [0.2, 0.25) is 10.2 Å². The average molecular weight is 305 g/mol. The van der Waals surface area contributed by atoms with Gasteiger partial charge in [0.15, 0.2) is 0 Å². The van der Waals surface area contributed by atoms with E-state index in [-0.39, 0.29) is 28.5 Å². The fourth-order valence-electron chi connectivity index (χ4n) is 1.84. The van der Waals surface area contributed by atoms with E-state index in [4.69, 9.17) is 23.2 Å². The molecule has 1 aromatic heterocycles. The zero-order valence-electron chi connectivity index (χ0n) is 11.0. The van der Waals surface area contributed by atoms with Crippen LogP contribution < -0.4 is 5.32 Å². The number of aliphatic hydroxyl groups is 1. The van der Waals surface area contributed by atoms with Crippen molar-refractivity contribution in [1.29, 1.82) is 0 Å². The Labute approximate surface area is 123 Å². The highest BCUT2D eigenvalue weighted by atomic mass is 35.5. The number of aliphatic hydroxyl groups excluding tert-OH is 1. The second-order valence-corrected chi connectivity index (χ2v) is 5.12. The van der Waals surface area contributed by atoms with Crippen LogP contribution in [0.3, 0.4) is 0 Å². The number of aromatic nitrogens is 1. The molecule has 0 saturated carbocycles. The van der Waals surface area contributed by atoms with Gasteiger partial charge in [0.25, 0.3) is 5.91 Å². The Kier molecular flexibility index (Phi) is 6.55. The number of carbonyl (C=O) groups is 1. The molecular formula is C13H18Cl2N2O2. The van der Waals surface area contributed by atoms with E-state index in [1.54, 1.807) is 0 Å². The van der Waals surface area contributed by atoms with Crippen molar-refractivity contribution >= 4 is 29.1 Å². The Morgan fingerprint density at radius 2 is 2.05 bits per heavy atom. The monoisotopic (exact) mass is 304 g/mol. The Balaban J connectivity index is 2.58. The summed E-state index contributed by atoms with van der Waals surface area (Å²) in [5.41, 5.74) is 0.325. The molecular weight excluding hydrogens is 287 g/mol. The molecule has 0 spiro atoms. The quantitative estimate of drug-likeness (QED) is 0.794. The molecule has 0 radical (unpaired) electrons. The zero-order chi connectivity index (χ0) is 14.4.